The largest absolute Gasteiger partial charge is 0.496 e. The maximum Gasteiger partial charge on any atom is 0.262 e. The van der Waals surface area contributed by atoms with Gasteiger partial charge in [0.15, 0.2) is 6.61 Å². The average molecular weight is 476 g/mol. The number of carbonyl (C=O) groups excluding carboxylic acids is 2. The number of fused-ring (bicyclic) bond motifs is 1. The second kappa shape index (κ2) is 10.4. The van der Waals surface area contributed by atoms with E-state index >= 15 is 0 Å². The molecule has 0 fully saturated rings. The van der Waals surface area contributed by atoms with E-state index < -0.39 is 0 Å². The van der Waals surface area contributed by atoms with E-state index in [0.29, 0.717) is 35.1 Å². The Labute approximate surface area is 204 Å². The van der Waals surface area contributed by atoms with Gasteiger partial charge in [0.1, 0.15) is 23.6 Å². The number of anilines is 2. The Morgan fingerprint density at radius 2 is 2.00 bits per heavy atom. The topological polar surface area (TPSA) is 114 Å². The maximum absolute atomic E-state index is 12.0. The van der Waals surface area contributed by atoms with Crippen LogP contribution in [-0.2, 0) is 4.79 Å². The second-order valence-corrected chi connectivity index (χ2v) is 8.52. The van der Waals surface area contributed by atoms with Crippen LogP contribution in [0.2, 0.25) is 0 Å². The molecule has 0 saturated carbocycles. The Kier molecular flexibility index (Phi) is 7.14. The molecule has 1 aromatic heterocycles. The van der Waals surface area contributed by atoms with Crippen molar-refractivity contribution in [2.45, 2.75) is 19.8 Å². The molecule has 9 nitrogen and oxygen atoms in total. The zero-order valence-corrected chi connectivity index (χ0v) is 20.2. The fraction of sp³-hybridized carbons (Fsp3) is 0.308. The van der Waals surface area contributed by atoms with Crippen molar-refractivity contribution in [3.05, 3.63) is 59.9 Å². The second-order valence-electron chi connectivity index (χ2n) is 8.52. The Morgan fingerprint density at radius 3 is 2.77 bits per heavy atom. The summed E-state index contributed by atoms with van der Waals surface area (Å²) in [5.74, 6) is 2.13. The van der Waals surface area contributed by atoms with Crippen molar-refractivity contribution in [1.82, 2.24) is 15.3 Å². The summed E-state index contributed by atoms with van der Waals surface area (Å²) in [6.45, 7) is 4.97. The summed E-state index contributed by atoms with van der Waals surface area (Å²) in [5, 5.41) is 8.83. The van der Waals surface area contributed by atoms with Crippen LogP contribution in [0.1, 0.15) is 35.7 Å². The molecule has 2 aromatic carbocycles. The molecule has 2 heterocycles. The van der Waals surface area contributed by atoms with Crippen LogP contribution in [0.3, 0.4) is 0 Å². The first-order valence-corrected chi connectivity index (χ1v) is 11.4. The van der Waals surface area contributed by atoms with Crippen molar-refractivity contribution >= 4 is 23.3 Å². The number of amides is 2. The highest BCUT2D eigenvalue weighted by Gasteiger charge is 2.20. The van der Waals surface area contributed by atoms with E-state index in [9.17, 15) is 9.59 Å². The quantitative estimate of drug-likeness (QED) is 0.455. The van der Waals surface area contributed by atoms with Crippen LogP contribution in [0.15, 0.2) is 48.8 Å². The van der Waals surface area contributed by atoms with Crippen LogP contribution in [-0.4, -0.2) is 49.1 Å². The minimum Gasteiger partial charge on any atom is -0.496 e. The fourth-order valence-corrected chi connectivity index (χ4v) is 3.97. The number of rotatable bonds is 8. The number of nitrogens with one attached hydrogen (secondary N) is 3. The van der Waals surface area contributed by atoms with Gasteiger partial charge < -0.3 is 25.4 Å². The van der Waals surface area contributed by atoms with Crippen LogP contribution < -0.4 is 25.4 Å². The molecule has 0 saturated heterocycles. The highest BCUT2D eigenvalue weighted by atomic mass is 16.5. The molecule has 9 heteroatoms. The number of methoxy groups -OCH3 is 1. The van der Waals surface area contributed by atoms with Gasteiger partial charge in [-0.2, -0.15) is 0 Å². The van der Waals surface area contributed by atoms with Crippen molar-refractivity contribution in [3.63, 3.8) is 0 Å². The first-order valence-electron chi connectivity index (χ1n) is 11.4. The summed E-state index contributed by atoms with van der Waals surface area (Å²) in [6.07, 6.45) is 1.52. The van der Waals surface area contributed by atoms with E-state index in [1.165, 1.54) is 6.33 Å². The van der Waals surface area contributed by atoms with E-state index in [2.05, 4.69) is 39.8 Å². The molecule has 0 bridgehead atoms. The number of nitrogens with zero attached hydrogens (tertiary/aromatic N) is 2. The molecule has 0 spiro atoms. The minimum absolute atomic E-state index is 0.00240. The summed E-state index contributed by atoms with van der Waals surface area (Å²) < 4.78 is 11.1. The number of benzene rings is 2. The SMILES string of the molecule is CNC(=O)c1ccc(C(C)[C@H](C)CNc2cc(-c3ccc4c(c3)OCC(=O)N4)ncn2)c(OC)c1. The summed E-state index contributed by atoms with van der Waals surface area (Å²) >= 11 is 0. The monoisotopic (exact) mass is 475 g/mol. The van der Waals surface area contributed by atoms with Crippen LogP contribution in [0.25, 0.3) is 11.3 Å². The van der Waals surface area contributed by atoms with E-state index in [-0.39, 0.29) is 30.3 Å². The van der Waals surface area contributed by atoms with Crippen molar-refractivity contribution in [2.24, 2.45) is 5.92 Å². The summed E-state index contributed by atoms with van der Waals surface area (Å²) in [6, 6.07) is 13.0. The predicted molar refractivity (Wildman–Crippen MR) is 134 cm³/mol. The Balaban J connectivity index is 1.44. The maximum atomic E-state index is 12.0. The van der Waals surface area contributed by atoms with Gasteiger partial charge in [0.05, 0.1) is 18.5 Å². The lowest BCUT2D eigenvalue weighted by Gasteiger charge is -2.23. The zero-order valence-electron chi connectivity index (χ0n) is 20.2. The molecule has 3 aromatic rings. The van der Waals surface area contributed by atoms with E-state index in [1.54, 1.807) is 20.2 Å². The molecule has 2 amide bonds. The standard InChI is InChI=1S/C26H29N5O4/c1-15(16(2)19-7-5-18(26(33)27-3)10-22(19)34-4)12-28-24-11-21(29-14-30-24)17-6-8-20-23(9-17)35-13-25(32)31-20/h5-11,14-16H,12-13H2,1-4H3,(H,27,33)(H,31,32)(H,28,29,30)/t15-,16?/m1/s1. The number of hydrogen-bond acceptors (Lipinski definition) is 7. The van der Waals surface area contributed by atoms with Gasteiger partial charge in [-0.1, -0.05) is 26.0 Å². The predicted octanol–water partition coefficient (Wildman–Crippen LogP) is 3.69. The molecule has 1 unspecified atom stereocenters. The van der Waals surface area contributed by atoms with Gasteiger partial charge in [-0.05, 0) is 41.7 Å². The van der Waals surface area contributed by atoms with Crippen LogP contribution >= 0.6 is 0 Å². The number of carbonyl (C=O) groups is 2. The summed E-state index contributed by atoms with van der Waals surface area (Å²) in [7, 11) is 3.22. The summed E-state index contributed by atoms with van der Waals surface area (Å²) in [4.78, 5) is 32.2. The van der Waals surface area contributed by atoms with Crippen molar-refractivity contribution in [1.29, 1.82) is 0 Å². The third-order valence-corrected chi connectivity index (χ3v) is 6.25. The minimum atomic E-state index is -0.165. The molecule has 182 valence electrons. The first-order chi connectivity index (χ1) is 16.9. The molecule has 1 aliphatic heterocycles. The van der Waals surface area contributed by atoms with Crippen molar-refractivity contribution in [3.8, 4) is 22.8 Å². The van der Waals surface area contributed by atoms with Gasteiger partial charge in [-0.15, -0.1) is 0 Å². The Hall–Kier alpha value is -4.14. The molecule has 4 rings (SSSR count). The molecule has 35 heavy (non-hydrogen) atoms. The van der Waals surface area contributed by atoms with Gasteiger partial charge in [-0.25, -0.2) is 9.97 Å². The van der Waals surface area contributed by atoms with Gasteiger partial charge >= 0.3 is 0 Å². The Morgan fingerprint density at radius 1 is 1.17 bits per heavy atom. The molecule has 3 N–H and O–H groups in total. The number of ether oxygens (including phenoxy) is 2. The first kappa shape index (κ1) is 24.0. The van der Waals surface area contributed by atoms with E-state index in [4.69, 9.17) is 9.47 Å². The molecule has 2 atom stereocenters. The van der Waals surface area contributed by atoms with Crippen LogP contribution in [0.4, 0.5) is 11.5 Å². The van der Waals surface area contributed by atoms with Crippen molar-refractivity contribution in [2.75, 3.05) is 37.9 Å². The Bertz CT molecular complexity index is 1250. The molecular formula is C26H29N5O4. The van der Waals surface area contributed by atoms with Crippen molar-refractivity contribution < 1.29 is 19.1 Å². The van der Waals surface area contributed by atoms with Crippen LogP contribution in [0, 0.1) is 5.92 Å². The average Bonchev–Trinajstić information content (AvgIpc) is 2.90. The number of hydrogen-bond donors (Lipinski definition) is 3. The lowest BCUT2D eigenvalue weighted by atomic mass is 9.87. The lowest BCUT2D eigenvalue weighted by molar-refractivity contribution is -0.118. The third-order valence-electron chi connectivity index (χ3n) is 6.25. The van der Waals surface area contributed by atoms with E-state index in [1.807, 2.05) is 36.4 Å². The molecular weight excluding hydrogens is 446 g/mol. The molecule has 0 radical (unpaired) electrons. The summed E-state index contributed by atoms with van der Waals surface area (Å²) in [5.41, 5.74) is 3.87. The highest BCUT2D eigenvalue weighted by molar-refractivity contribution is 5.96. The molecule has 1 aliphatic rings. The van der Waals surface area contributed by atoms with Gasteiger partial charge in [0.2, 0.25) is 0 Å². The third kappa shape index (κ3) is 5.34. The zero-order chi connectivity index (χ0) is 24.9. The molecule has 0 aliphatic carbocycles. The van der Waals surface area contributed by atoms with Crippen LogP contribution in [0.5, 0.6) is 11.5 Å². The van der Waals surface area contributed by atoms with Gasteiger partial charge in [0, 0.05) is 30.8 Å². The lowest BCUT2D eigenvalue weighted by Crippen LogP contribution is -2.25. The van der Waals surface area contributed by atoms with E-state index in [0.717, 1.165) is 16.8 Å². The fourth-order valence-electron chi connectivity index (χ4n) is 3.97. The highest BCUT2D eigenvalue weighted by Crippen LogP contribution is 2.34. The smallest absolute Gasteiger partial charge is 0.262 e. The normalized spacial score (nSPS) is 14.1. The van der Waals surface area contributed by atoms with Gasteiger partial charge in [0.25, 0.3) is 11.8 Å². The number of aromatic nitrogens is 2. The van der Waals surface area contributed by atoms with Gasteiger partial charge in [-0.3, -0.25) is 9.59 Å².